The third-order valence-electron chi connectivity index (χ3n) is 9.11. The second kappa shape index (κ2) is 22.5. The first-order valence-electron chi connectivity index (χ1n) is 17.6. The zero-order valence-electron chi connectivity index (χ0n) is 26.9. The second-order valence-electron chi connectivity index (χ2n) is 13.1. The third kappa shape index (κ3) is 16.2. The fourth-order valence-corrected chi connectivity index (χ4v) is 6.41. The minimum atomic E-state index is -0.892. The highest BCUT2D eigenvalue weighted by Crippen LogP contribution is 2.28. The Bertz CT molecular complexity index is 726. The Labute approximate surface area is 256 Å². The van der Waals surface area contributed by atoms with Crippen LogP contribution in [0.4, 0.5) is 0 Å². The first-order valence-corrected chi connectivity index (χ1v) is 17.6. The molecular weight excluding hydrogens is 532 g/mol. The molecule has 1 saturated heterocycles. The van der Waals surface area contributed by atoms with E-state index in [1.807, 2.05) is 13.0 Å². The van der Waals surface area contributed by atoms with Gasteiger partial charge in [-0.25, -0.2) is 4.79 Å². The molecule has 2 aliphatic heterocycles. The fraction of sp³-hybridized carbons (Fsp3) is 0.914. The molecule has 0 aromatic rings. The van der Waals surface area contributed by atoms with E-state index in [1.54, 1.807) is 0 Å². The number of carbonyl (C=O) groups excluding carboxylic acids is 1. The number of cyclic esters (lactones) is 1. The van der Waals surface area contributed by atoms with Crippen molar-refractivity contribution in [1.82, 2.24) is 0 Å². The van der Waals surface area contributed by atoms with Crippen molar-refractivity contribution in [2.75, 3.05) is 0 Å². The summed E-state index contributed by atoms with van der Waals surface area (Å²) in [4.78, 5) is 11.6. The lowest BCUT2D eigenvalue weighted by Gasteiger charge is -2.24. The van der Waals surface area contributed by atoms with Crippen LogP contribution in [0.2, 0.25) is 0 Å². The molecule has 0 radical (unpaired) electrons. The Morgan fingerprint density at radius 2 is 1.33 bits per heavy atom. The van der Waals surface area contributed by atoms with E-state index in [4.69, 9.17) is 9.47 Å². The Balaban J connectivity index is 1.40. The highest BCUT2D eigenvalue weighted by Gasteiger charge is 2.32. The van der Waals surface area contributed by atoms with E-state index < -0.39 is 24.4 Å². The lowest BCUT2D eigenvalue weighted by molar-refractivity contribution is -0.139. The van der Waals surface area contributed by atoms with Crippen LogP contribution in [0.15, 0.2) is 11.6 Å². The van der Waals surface area contributed by atoms with Crippen LogP contribution in [0.3, 0.4) is 0 Å². The van der Waals surface area contributed by atoms with Gasteiger partial charge in [-0.3, -0.25) is 0 Å². The van der Waals surface area contributed by atoms with Gasteiger partial charge in [0.05, 0.1) is 36.6 Å². The van der Waals surface area contributed by atoms with Crippen molar-refractivity contribution in [2.24, 2.45) is 0 Å². The summed E-state index contributed by atoms with van der Waals surface area (Å²) in [6, 6.07) is 0. The topological polar surface area (TPSA) is 116 Å². The maximum absolute atomic E-state index is 11.6. The highest BCUT2D eigenvalue weighted by atomic mass is 16.5. The molecule has 246 valence electrons. The summed E-state index contributed by atoms with van der Waals surface area (Å²) in [7, 11) is 0. The van der Waals surface area contributed by atoms with Crippen molar-refractivity contribution >= 4 is 5.97 Å². The van der Waals surface area contributed by atoms with Crippen molar-refractivity contribution in [3.63, 3.8) is 0 Å². The predicted molar refractivity (Wildman–Crippen MR) is 168 cm³/mol. The molecular formula is C35H64O7. The van der Waals surface area contributed by atoms with Crippen molar-refractivity contribution in [1.29, 1.82) is 0 Å². The number of aliphatic hydroxyl groups is 4. The van der Waals surface area contributed by atoms with Gasteiger partial charge in [-0.2, -0.15) is 0 Å². The van der Waals surface area contributed by atoms with Gasteiger partial charge in [-0.15, -0.1) is 0 Å². The van der Waals surface area contributed by atoms with Crippen molar-refractivity contribution in [3.05, 3.63) is 11.6 Å². The number of aliphatic hydroxyl groups excluding tert-OH is 4. The smallest absolute Gasteiger partial charge is 0.334 e. The van der Waals surface area contributed by atoms with E-state index in [0.29, 0.717) is 18.4 Å². The van der Waals surface area contributed by atoms with Gasteiger partial charge >= 0.3 is 5.97 Å². The SMILES string of the molecule is CCCCCCCCCC[C@@H](O)[C@@H](O)C[C@H](O)[C@@H]1CC[C@@H](CCCCCCCCCC[C@H](O)CC2=C[C@H](C)OC2=O)O1. The summed E-state index contributed by atoms with van der Waals surface area (Å²) in [6.07, 6.45) is 22.4. The first kappa shape index (κ1) is 37.2. The van der Waals surface area contributed by atoms with Gasteiger partial charge in [0.25, 0.3) is 0 Å². The zero-order chi connectivity index (χ0) is 30.6. The highest BCUT2D eigenvalue weighted by molar-refractivity contribution is 5.90. The molecule has 7 nitrogen and oxygen atoms in total. The molecule has 0 saturated carbocycles. The molecule has 0 aliphatic carbocycles. The summed E-state index contributed by atoms with van der Waals surface area (Å²) >= 11 is 0. The quantitative estimate of drug-likeness (QED) is 0.0624. The van der Waals surface area contributed by atoms with Gasteiger partial charge in [-0.1, -0.05) is 110 Å². The van der Waals surface area contributed by atoms with Gasteiger partial charge in [0.15, 0.2) is 0 Å². The lowest BCUT2D eigenvalue weighted by atomic mass is 9.97. The summed E-state index contributed by atoms with van der Waals surface area (Å²) < 4.78 is 11.2. The van der Waals surface area contributed by atoms with E-state index in [9.17, 15) is 25.2 Å². The van der Waals surface area contributed by atoms with Crippen molar-refractivity contribution in [3.8, 4) is 0 Å². The minimum Gasteiger partial charge on any atom is -0.455 e. The maximum atomic E-state index is 11.6. The monoisotopic (exact) mass is 596 g/mol. The first-order chi connectivity index (χ1) is 20.3. The van der Waals surface area contributed by atoms with E-state index in [2.05, 4.69) is 6.92 Å². The fourth-order valence-electron chi connectivity index (χ4n) is 6.41. The van der Waals surface area contributed by atoms with Crippen LogP contribution in [-0.4, -0.2) is 69.1 Å². The Kier molecular flexibility index (Phi) is 19.9. The van der Waals surface area contributed by atoms with E-state index >= 15 is 0 Å². The molecule has 2 heterocycles. The largest absolute Gasteiger partial charge is 0.455 e. The van der Waals surface area contributed by atoms with Gasteiger partial charge in [-0.05, 0) is 45.1 Å². The number of rotatable bonds is 26. The Hall–Kier alpha value is -0.990. The molecule has 0 amide bonds. The van der Waals surface area contributed by atoms with Gasteiger partial charge in [0.1, 0.15) is 6.10 Å². The van der Waals surface area contributed by atoms with Crippen LogP contribution in [0, 0.1) is 0 Å². The number of esters is 1. The van der Waals surface area contributed by atoms with Crippen LogP contribution in [0.25, 0.3) is 0 Å². The molecule has 2 rings (SSSR count). The summed E-state index contributed by atoms with van der Waals surface area (Å²) in [5.41, 5.74) is 0.614. The molecule has 4 N–H and O–H groups in total. The Morgan fingerprint density at radius 1 is 0.762 bits per heavy atom. The summed E-state index contributed by atoms with van der Waals surface area (Å²) in [5.74, 6) is -0.283. The molecule has 0 unspecified atom stereocenters. The minimum absolute atomic E-state index is 0.171. The second-order valence-corrected chi connectivity index (χ2v) is 13.1. The zero-order valence-corrected chi connectivity index (χ0v) is 26.9. The number of ether oxygens (including phenoxy) is 2. The molecule has 7 heteroatoms. The van der Waals surface area contributed by atoms with Crippen molar-refractivity contribution in [2.45, 2.75) is 204 Å². The van der Waals surface area contributed by atoms with E-state index in [1.165, 1.54) is 70.6 Å². The number of unbranched alkanes of at least 4 members (excludes halogenated alkanes) is 14. The van der Waals surface area contributed by atoms with E-state index in [-0.39, 0.29) is 30.7 Å². The number of carbonyl (C=O) groups is 1. The molecule has 0 bridgehead atoms. The number of hydrogen-bond donors (Lipinski definition) is 4. The molecule has 0 spiro atoms. The van der Waals surface area contributed by atoms with Crippen molar-refractivity contribution < 1.29 is 34.7 Å². The summed E-state index contributed by atoms with van der Waals surface area (Å²) in [6.45, 7) is 4.06. The molecule has 2 aliphatic rings. The van der Waals surface area contributed by atoms with Crippen LogP contribution in [0.5, 0.6) is 0 Å². The Morgan fingerprint density at radius 3 is 1.93 bits per heavy atom. The maximum Gasteiger partial charge on any atom is 0.334 e. The van der Waals surface area contributed by atoms with Gasteiger partial charge in [0.2, 0.25) is 0 Å². The standard InChI is InChI=1S/C35H64O7/c1-3-4-5-6-7-12-15-18-21-31(37)32(38)26-33(39)34-23-22-30(42-34)20-17-14-11-9-8-10-13-16-19-29(36)25-28-24-27(2)41-35(28)40/h24,27,29-34,36-39H,3-23,25-26H2,1-2H3/t27-,29-,30+,31+,32-,33-,34-/m0/s1. The number of hydrogen-bond acceptors (Lipinski definition) is 7. The normalized spacial score (nSPS) is 23.5. The van der Waals surface area contributed by atoms with E-state index in [0.717, 1.165) is 57.8 Å². The summed E-state index contributed by atoms with van der Waals surface area (Å²) in [5, 5.41) is 41.5. The molecule has 0 aromatic carbocycles. The average Bonchev–Trinajstić information content (AvgIpc) is 3.56. The van der Waals surface area contributed by atoms with Crippen LogP contribution in [0.1, 0.15) is 162 Å². The van der Waals surface area contributed by atoms with Crippen LogP contribution >= 0.6 is 0 Å². The molecule has 0 aromatic heterocycles. The third-order valence-corrected chi connectivity index (χ3v) is 9.11. The lowest BCUT2D eigenvalue weighted by Crippen LogP contribution is -2.35. The average molecular weight is 597 g/mol. The molecule has 1 fully saturated rings. The molecule has 42 heavy (non-hydrogen) atoms. The molecule has 7 atom stereocenters. The van der Waals surface area contributed by atoms with Gasteiger partial charge < -0.3 is 29.9 Å². The predicted octanol–water partition coefficient (Wildman–Crippen LogP) is 7.06. The van der Waals surface area contributed by atoms with Crippen LogP contribution in [-0.2, 0) is 14.3 Å². The van der Waals surface area contributed by atoms with Gasteiger partial charge in [0, 0.05) is 18.4 Å². The van der Waals surface area contributed by atoms with Crippen LogP contribution < -0.4 is 0 Å².